The summed E-state index contributed by atoms with van der Waals surface area (Å²) in [5, 5.41) is 11.3. The van der Waals surface area contributed by atoms with Crippen molar-refractivity contribution in [3.05, 3.63) is 94.1 Å². The third-order valence-electron chi connectivity index (χ3n) is 5.51. The van der Waals surface area contributed by atoms with Crippen LogP contribution in [0.25, 0.3) is 0 Å². The second kappa shape index (κ2) is 11.0. The number of nitrogens with zero attached hydrogens (tertiary/aromatic N) is 2. The molecule has 2 amide bonds. The van der Waals surface area contributed by atoms with Crippen molar-refractivity contribution in [2.24, 2.45) is 10.4 Å². The zero-order valence-corrected chi connectivity index (χ0v) is 21.3. The van der Waals surface area contributed by atoms with E-state index in [1.165, 1.54) is 0 Å². The molecule has 0 aromatic heterocycles. The Kier molecular flexibility index (Phi) is 8.11. The maximum atomic E-state index is 13.5. The van der Waals surface area contributed by atoms with Gasteiger partial charge in [-0.3, -0.25) is 19.3 Å². The van der Waals surface area contributed by atoms with E-state index in [-0.39, 0.29) is 36.2 Å². The molecule has 1 aliphatic rings. The minimum atomic E-state index is -0.975. The third-order valence-corrected chi connectivity index (χ3v) is 5.51. The second-order valence-electron chi connectivity index (χ2n) is 9.81. The Balaban J connectivity index is 1.92. The van der Waals surface area contributed by atoms with Crippen molar-refractivity contribution < 1.29 is 19.5 Å². The molecule has 7 nitrogen and oxygen atoms in total. The smallest absolute Gasteiger partial charge is 0.305 e. The molecular weight excluding hydrogens is 454 g/mol. The maximum absolute atomic E-state index is 13.5. The fourth-order valence-electron chi connectivity index (χ4n) is 3.61. The van der Waals surface area contributed by atoms with Crippen molar-refractivity contribution in [2.75, 3.05) is 6.54 Å². The fraction of sp³-hybridized carbons (Fsp3) is 0.310. The zero-order valence-electron chi connectivity index (χ0n) is 21.3. The fourth-order valence-corrected chi connectivity index (χ4v) is 3.61. The molecular formula is C29H31N3O4. The summed E-state index contributed by atoms with van der Waals surface area (Å²) >= 11 is 0. The molecule has 1 atom stereocenters. The number of rotatable bonds is 7. The number of carbonyl (C=O) groups is 3. The number of amides is 2. The van der Waals surface area contributed by atoms with Gasteiger partial charge in [-0.2, -0.15) is 0 Å². The van der Waals surface area contributed by atoms with Crippen LogP contribution in [0.1, 0.15) is 67.2 Å². The number of carboxylic acid groups (broad SMARTS) is 1. The van der Waals surface area contributed by atoms with E-state index in [0.29, 0.717) is 17.1 Å². The van der Waals surface area contributed by atoms with E-state index in [4.69, 9.17) is 5.11 Å². The first-order valence-electron chi connectivity index (χ1n) is 11.8. The third kappa shape index (κ3) is 6.70. The van der Waals surface area contributed by atoms with Gasteiger partial charge in [0.2, 0.25) is 0 Å². The molecule has 186 valence electrons. The van der Waals surface area contributed by atoms with Crippen molar-refractivity contribution in [2.45, 2.75) is 47.1 Å². The highest BCUT2D eigenvalue weighted by Gasteiger charge is 2.35. The number of aryl methyl sites for hydroxylation is 1. The van der Waals surface area contributed by atoms with Gasteiger partial charge in [0.05, 0.1) is 12.5 Å². The van der Waals surface area contributed by atoms with Crippen molar-refractivity contribution in [1.29, 1.82) is 0 Å². The summed E-state index contributed by atoms with van der Waals surface area (Å²) in [5.74, 6) is -1.19. The molecule has 0 saturated carbocycles. The molecule has 0 saturated heterocycles. The number of hydrogen-bond donors (Lipinski definition) is 2. The van der Waals surface area contributed by atoms with Gasteiger partial charge in [-0.15, -0.1) is 0 Å². The Labute approximate surface area is 211 Å². The quantitative estimate of drug-likeness (QED) is 0.551. The van der Waals surface area contributed by atoms with Gasteiger partial charge in [0.25, 0.3) is 11.8 Å². The zero-order chi connectivity index (χ0) is 26.5. The minimum Gasteiger partial charge on any atom is -0.481 e. The van der Waals surface area contributed by atoms with Crippen LogP contribution in [-0.2, 0) is 9.59 Å². The Morgan fingerprint density at radius 3 is 2.47 bits per heavy atom. The highest BCUT2D eigenvalue weighted by Crippen LogP contribution is 2.30. The monoisotopic (exact) mass is 485 g/mol. The predicted molar refractivity (Wildman–Crippen MR) is 139 cm³/mol. The van der Waals surface area contributed by atoms with Crippen LogP contribution >= 0.6 is 0 Å². The summed E-state index contributed by atoms with van der Waals surface area (Å²) < 4.78 is 0. The van der Waals surface area contributed by atoms with E-state index in [9.17, 15) is 14.4 Å². The molecule has 2 N–H and O–H groups in total. The van der Waals surface area contributed by atoms with Crippen molar-refractivity contribution in [1.82, 2.24) is 10.2 Å². The van der Waals surface area contributed by atoms with Crippen LogP contribution in [0.5, 0.6) is 0 Å². The molecule has 0 spiro atoms. The lowest BCUT2D eigenvalue weighted by Crippen LogP contribution is -2.32. The molecule has 1 heterocycles. The summed E-state index contributed by atoms with van der Waals surface area (Å²) in [6.07, 6.45) is 1.73. The summed E-state index contributed by atoms with van der Waals surface area (Å²) in [6, 6.07) is 14.1. The van der Waals surface area contributed by atoms with Crippen LogP contribution in [-0.4, -0.2) is 40.0 Å². The van der Waals surface area contributed by atoms with Crippen molar-refractivity contribution >= 4 is 23.5 Å². The molecule has 1 aliphatic heterocycles. The van der Waals surface area contributed by atoms with Gasteiger partial charge < -0.3 is 10.4 Å². The molecule has 0 bridgehead atoms. The largest absolute Gasteiger partial charge is 0.481 e. The first-order valence-corrected chi connectivity index (χ1v) is 11.8. The molecule has 0 unspecified atom stereocenters. The first-order chi connectivity index (χ1) is 17.0. The number of allylic oxidation sites excluding steroid dienone is 1. The number of aliphatic imine (C=N–C) groups is 1. The summed E-state index contributed by atoms with van der Waals surface area (Å²) in [6.45, 7) is 10.1. The Morgan fingerprint density at radius 2 is 1.86 bits per heavy atom. The topological polar surface area (TPSA) is 99.1 Å². The number of carbonyl (C=O) groups excluding carboxylic acids is 2. The highest BCUT2D eigenvalue weighted by molar-refractivity contribution is 6.47. The van der Waals surface area contributed by atoms with Gasteiger partial charge in [0.15, 0.2) is 5.82 Å². The minimum absolute atomic E-state index is 0.0518. The van der Waals surface area contributed by atoms with Crippen molar-refractivity contribution in [3.8, 4) is 0 Å². The Hall–Kier alpha value is -4.18. The van der Waals surface area contributed by atoms with Crippen LogP contribution in [0.2, 0.25) is 0 Å². The summed E-state index contributed by atoms with van der Waals surface area (Å²) in [7, 11) is 0. The maximum Gasteiger partial charge on any atom is 0.305 e. The van der Waals surface area contributed by atoms with Crippen LogP contribution in [0.3, 0.4) is 0 Å². The highest BCUT2D eigenvalue weighted by atomic mass is 16.4. The normalized spacial score (nSPS) is 14.0. The molecule has 7 heteroatoms. The van der Waals surface area contributed by atoms with Crippen LogP contribution in [0.4, 0.5) is 0 Å². The van der Waals surface area contributed by atoms with Crippen LogP contribution < -0.4 is 5.32 Å². The van der Waals surface area contributed by atoms with E-state index < -0.39 is 5.97 Å². The number of hydrogen-bond acceptors (Lipinski definition) is 4. The standard InChI is InChI=1S/C29H31N3O4/c1-19-8-6-9-23(18-19)26-28(36)32(24(31-26)10-7-16-29(3,4)5)20(2)21-11-13-22(14-12-21)27(35)30-17-15-25(33)34/h6,8-9,11-14,16,18,20H,15,17H2,1-5H3,(H,30,35)(H,33,34)/t20-/m1/s1. The molecule has 3 rings (SSSR count). The van der Waals surface area contributed by atoms with Crippen LogP contribution in [0.15, 0.2) is 76.9 Å². The summed E-state index contributed by atoms with van der Waals surface area (Å²) in [4.78, 5) is 42.7. The van der Waals surface area contributed by atoms with E-state index >= 15 is 0 Å². The lowest BCUT2D eigenvalue weighted by Gasteiger charge is -2.24. The van der Waals surface area contributed by atoms with Crippen LogP contribution in [0, 0.1) is 12.3 Å². The van der Waals surface area contributed by atoms with Gasteiger partial charge in [0.1, 0.15) is 5.71 Å². The number of aliphatic carboxylic acids is 1. The molecule has 2 aromatic rings. The van der Waals surface area contributed by atoms with Gasteiger partial charge in [-0.25, -0.2) is 4.99 Å². The van der Waals surface area contributed by atoms with Gasteiger partial charge in [-0.05, 0) is 54.8 Å². The lowest BCUT2D eigenvalue weighted by molar-refractivity contribution is -0.136. The second-order valence-corrected chi connectivity index (χ2v) is 9.81. The Bertz CT molecular complexity index is 1300. The molecule has 2 aromatic carbocycles. The first kappa shape index (κ1) is 26.4. The molecule has 0 radical (unpaired) electrons. The SMILES string of the molecule is Cc1cccc(C2=NC(=C=C=CC(C)(C)C)N([C@H](C)c3ccc(C(=O)NCCC(=O)O)cc3)C2=O)c1. The molecule has 0 fully saturated rings. The van der Waals surface area contributed by atoms with Gasteiger partial charge in [-0.1, -0.05) is 62.4 Å². The average molecular weight is 486 g/mol. The van der Waals surface area contributed by atoms with Crippen molar-refractivity contribution in [3.63, 3.8) is 0 Å². The number of benzene rings is 2. The van der Waals surface area contributed by atoms with Gasteiger partial charge in [0, 0.05) is 17.7 Å². The summed E-state index contributed by atoms with van der Waals surface area (Å²) in [5.41, 5.74) is 9.34. The van der Waals surface area contributed by atoms with E-state index in [2.05, 4.69) is 21.8 Å². The molecule has 36 heavy (non-hydrogen) atoms. The number of carboxylic acids is 1. The van der Waals surface area contributed by atoms with E-state index in [1.807, 2.05) is 65.0 Å². The predicted octanol–water partition coefficient (Wildman–Crippen LogP) is 4.79. The number of nitrogens with one attached hydrogen (secondary N) is 1. The molecule has 0 aliphatic carbocycles. The Morgan fingerprint density at radius 1 is 1.17 bits per heavy atom. The van der Waals surface area contributed by atoms with E-state index in [1.54, 1.807) is 29.2 Å². The average Bonchev–Trinajstić information content (AvgIpc) is 3.13. The van der Waals surface area contributed by atoms with Gasteiger partial charge >= 0.3 is 5.97 Å². The lowest BCUT2D eigenvalue weighted by atomic mass is 9.97. The van der Waals surface area contributed by atoms with E-state index in [0.717, 1.165) is 16.7 Å².